The van der Waals surface area contributed by atoms with E-state index in [4.69, 9.17) is 11.5 Å². The zero-order chi connectivity index (χ0) is 12.4. The molecule has 0 aliphatic carbocycles. The smallest absolute Gasteiger partial charge is 0.343 e. The van der Waals surface area contributed by atoms with Gasteiger partial charge in [0.25, 0.3) is 0 Å². The number of nitrogens with two attached hydrogens (primary N) is 2. The van der Waals surface area contributed by atoms with Crippen molar-refractivity contribution in [2.75, 3.05) is 11.5 Å². The third kappa shape index (κ3) is 2.38. The molecule has 0 saturated heterocycles. The molecule has 90 valence electrons. The zero-order valence-corrected chi connectivity index (χ0v) is 9.86. The summed E-state index contributed by atoms with van der Waals surface area (Å²) in [7, 11) is 0. The highest BCUT2D eigenvalue weighted by atomic mass is 32.2. The van der Waals surface area contributed by atoms with Crippen LogP contribution in [0.1, 0.15) is 6.92 Å². The van der Waals surface area contributed by atoms with Crippen molar-refractivity contribution in [3.63, 3.8) is 0 Å². The van der Waals surface area contributed by atoms with Gasteiger partial charge >= 0.3 is 5.69 Å². The molecule has 17 heavy (non-hydrogen) atoms. The highest BCUT2D eigenvalue weighted by Gasteiger charge is 2.10. The van der Waals surface area contributed by atoms with E-state index in [1.165, 1.54) is 16.3 Å². The molecular formula is C8H11N7OS. The molecule has 0 fully saturated rings. The second kappa shape index (κ2) is 4.45. The fraction of sp³-hybridized carbons (Fsp3) is 0.250. The van der Waals surface area contributed by atoms with E-state index in [9.17, 15) is 4.79 Å². The predicted molar refractivity (Wildman–Crippen MR) is 63.5 cm³/mol. The molecule has 5 N–H and O–H groups in total. The van der Waals surface area contributed by atoms with Crippen molar-refractivity contribution in [3.8, 4) is 0 Å². The number of aromatic amines is 1. The topological polar surface area (TPSA) is 128 Å². The Labute approximate surface area is 100 Å². The summed E-state index contributed by atoms with van der Waals surface area (Å²) < 4.78 is 1.49. The van der Waals surface area contributed by atoms with E-state index in [0.717, 1.165) is 0 Å². The summed E-state index contributed by atoms with van der Waals surface area (Å²) in [6.07, 6.45) is 0. The number of rotatable bonds is 3. The first-order valence-corrected chi connectivity index (χ1v) is 5.65. The maximum atomic E-state index is 11.3. The van der Waals surface area contributed by atoms with Crippen LogP contribution in [0, 0.1) is 0 Å². The molecular weight excluding hydrogens is 242 g/mol. The molecule has 0 aliphatic heterocycles. The summed E-state index contributed by atoms with van der Waals surface area (Å²) in [6, 6.07) is 1.57. The van der Waals surface area contributed by atoms with E-state index < -0.39 is 0 Å². The standard InChI is InChI=1S/C8H11N7OS/c1-2-15-7(16)13-14-8(15)17-5-3-4(9)11-6(10)12-5/h3H,2H2,1H3,(H,13,16)(H4,9,10,11,12). The Morgan fingerprint density at radius 3 is 2.88 bits per heavy atom. The summed E-state index contributed by atoms with van der Waals surface area (Å²) in [5.74, 6) is 0.370. The number of hydrogen-bond acceptors (Lipinski definition) is 7. The normalized spacial score (nSPS) is 10.6. The average Bonchev–Trinajstić information content (AvgIpc) is 2.57. The van der Waals surface area contributed by atoms with Gasteiger partial charge in [0.1, 0.15) is 10.8 Å². The second-order valence-electron chi connectivity index (χ2n) is 3.15. The Hall–Kier alpha value is -2.03. The third-order valence-electron chi connectivity index (χ3n) is 1.98. The first-order chi connectivity index (χ1) is 8.10. The first-order valence-electron chi connectivity index (χ1n) is 4.83. The SMILES string of the molecule is CCn1c(Sc2cc(N)nc(N)n2)n[nH]c1=O. The molecule has 0 amide bonds. The van der Waals surface area contributed by atoms with E-state index in [-0.39, 0.29) is 17.5 Å². The van der Waals surface area contributed by atoms with E-state index in [2.05, 4.69) is 20.2 Å². The van der Waals surface area contributed by atoms with E-state index >= 15 is 0 Å². The quantitative estimate of drug-likeness (QED) is 0.640. The highest BCUT2D eigenvalue weighted by Crippen LogP contribution is 2.24. The molecule has 0 saturated carbocycles. The van der Waals surface area contributed by atoms with Crippen molar-refractivity contribution >= 4 is 23.5 Å². The van der Waals surface area contributed by atoms with Crippen LogP contribution in [0.25, 0.3) is 0 Å². The fourth-order valence-corrected chi connectivity index (χ4v) is 2.19. The maximum Gasteiger partial charge on any atom is 0.343 e. The number of anilines is 2. The summed E-state index contributed by atoms with van der Waals surface area (Å²) in [6.45, 7) is 2.37. The van der Waals surface area contributed by atoms with Gasteiger partial charge in [0.05, 0.1) is 0 Å². The van der Waals surface area contributed by atoms with Gasteiger partial charge in [0, 0.05) is 12.6 Å². The Bertz CT molecular complexity index is 570. The van der Waals surface area contributed by atoms with Crippen molar-refractivity contribution in [1.82, 2.24) is 24.7 Å². The number of nitrogens with zero attached hydrogens (tertiary/aromatic N) is 4. The van der Waals surface area contributed by atoms with Gasteiger partial charge in [0.15, 0.2) is 5.16 Å². The number of nitrogens with one attached hydrogen (secondary N) is 1. The van der Waals surface area contributed by atoms with Crippen LogP contribution in [-0.4, -0.2) is 24.7 Å². The predicted octanol–water partition coefficient (Wildman–Crippen LogP) is -0.303. The minimum Gasteiger partial charge on any atom is -0.383 e. The Kier molecular flexibility index (Phi) is 3.00. The van der Waals surface area contributed by atoms with Crippen molar-refractivity contribution in [3.05, 3.63) is 16.6 Å². The average molecular weight is 253 g/mol. The minimum atomic E-state index is -0.259. The molecule has 0 radical (unpaired) electrons. The van der Waals surface area contributed by atoms with Crippen LogP contribution in [-0.2, 0) is 6.54 Å². The molecule has 2 rings (SSSR count). The van der Waals surface area contributed by atoms with E-state index in [1.807, 2.05) is 6.92 Å². The van der Waals surface area contributed by atoms with Crippen molar-refractivity contribution < 1.29 is 0 Å². The molecule has 8 nitrogen and oxygen atoms in total. The van der Waals surface area contributed by atoms with Gasteiger partial charge in [0.2, 0.25) is 5.95 Å². The number of aromatic nitrogens is 5. The summed E-state index contributed by atoms with van der Waals surface area (Å²) in [5.41, 5.74) is 10.8. The molecule has 9 heteroatoms. The number of hydrogen-bond donors (Lipinski definition) is 3. The lowest BCUT2D eigenvalue weighted by atomic mass is 10.6. The Morgan fingerprint density at radius 1 is 1.47 bits per heavy atom. The molecule has 2 heterocycles. The van der Waals surface area contributed by atoms with Gasteiger partial charge in [-0.1, -0.05) is 0 Å². The van der Waals surface area contributed by atoms with Gasteiger partial charge in [-0.25, -0.2) is 14.9 Å². The monoisotopic (exact) mass is 253 g/mol. The first kappa shape index (κ1) is 11.5. The van der Waals surface area contributed by atoms with Gasteiger partial charge in [-0.2, -0.15) is 4.98 Å². The highest BCUT2D eigenvalue weighted by molar-refractivity contribution is 7.99. The van der Waals surface area contributed by atoms with Crippen LogP contribution in [0.2, 0.25) is 0 Å². The van der Waals surface area contributed by atoms with Gasteiger partial charge in [-0.3, -0.25) is 4.57 Å². The lowest BCUT2D eigenvalue weighted by Gasteiger charge is -2.02. The molecule has 2 aromatic rings. The van der Waals surface area contributed by atoms with Gasteiger partial charge in [-0.15, -0.1) is 5.10 Å². The third-order valence-corrected chi connectivity index (χ3v) is 2.89. The second-order valence-corrected chi connectivity index (χ2v) is 4.13. The fourth-order valence-electron chi connectivity index (χ4n) is 1.27. The molecule has 0 unspecified atom stereocenters. The van der Waals surface area contributed by atoms with Crippen molar-refractivity contribution in [2.45, 2.75) is 23.7 Å². The lowest BCUT2D eigenvalue weighted by Crippen LogP contribution is -2.16. The van der Waals surface area contributed by atoms with E-state index in [0.29, 0.717) is 16.7 Å². The Balaban J connectivity index is 2.34. The van der Waals surface area contributed by atoms with Crippen LogP contribution in [0.15, 0.2) is 21.0 Å². The molecule has 0 bridgehead atoms. The minimum absolute atomic E-state index is 0.0911. The van der Waals surface area contributed by atoms with Crippen LogP contribution in [0.4, 0.5) is 11.8 Å². The lowest BCUT2D eigenvalue weighted by molar-refractivity contribution is 0.660. The molecule has 0 spiro atoms. The molecule has 0 aromatic carbocycles. The van der Waals surface area contributed by atoms with Crippen LogP contribution in [0.3, 0.4) is 0 Å². The van der Waals surface area contributed by atoms with Gasteiger partial charge < -0.3 is 11.5 Å². The van der Waals surface area contributed by atoms with Crippen molar-refractivity contribution in [1.29, 1.82) is 0 Å². The van der Waals surface area contributed by atoms with Crippen LogP contribution in [0.5, 0.6) is 0 Å². The number of nitrogen functional groups attached to an aromatic ring is 2. The molecule has 2 aromatic heterocycles. The summed E-state index contributed by atoms with van der Waals surface area (Å²) in [5, 5.41) is 7.31. The largest absolute Gasteiger partial charge is 0.383 e. The maximum absolute atomic E-state index is 11.3. The van der Waals surface area contributed by atoms with Crippen LogP contribution >= 0.6 is 11.8 Å². The summed E-state index contributed by atoms with van der Waals surface area (Å²) in [4.78, 5) is 19.1. The Morgan fingerprint density at radius 2 is 2.24 bits per heavy atom. The van der Waals surface area contributed by atoms with Crippen LogP contribution < -0.4 is 17.2 Å². The zero-order valence-electron chi connectivity index (χ0n) is 9.04. The molecule has 0 aliphatic rings. The van der Waals surface area contributed by atoms with Gasteiger partial charge in [-0.05, 0) is 18.7 Å². The molecule has 0 atom stereocenters. The number of H-pyrrole nitrogens is 1. The van der Waals surface area contributed by atoms with E-state index in [1.54, 1.807) is 6.07 Å². The van der Waals surface area contributed by atoms with Crippen molar-refractivity contribution in [2.24, 2.45) is 0 Å². The summed E-state index contributed by atoms with van der Waals surface area (Å²) >= 11 is 1.20.